The monoisotopic (exact) mass is 296 g/mol. The molecule has 1 aromatic rings. The average molecular weight is 296 g/mol. The molecule has 5 heteroatoms. The molecule has 0 aromatic heterocycles. The van der Waals surface area contributed by atoms with E-state index >= 15 is 0 Å². The standard InChI is InChI=1S/C16H27N3O2/c1-17-7-8-18-9-11-19(12-10-18)15-3-5-16(6-4-15)21-14-13-20-2/h3-6,17H,7-14H2,1-2H3/i1D3. The van der Waals surface area contributed by atoms with Gasteiger partial charge < -0.3 is 19.7 Å². The van der Waals surface area contributed by atoms with Crippen LogP contribution in [0.1, 0.15) is 4.11 Å². The normalized spacial score (nSPS) is 18.9. The summed E-state index contributed by atoms with van der Waals surface area (Å²) in [6.07, 6.45) is 0. The summed E-state index contributed by atoms with van der Waals surface area (Å²) in [6, 6.07) is 8.12. The molecule has 1 aliphatic rings. The highest BCUT2D eigenvalue weighted by Gasteiger charge is 2.16. The van der Waals surface area contributed by atoms with E-state index < -0.39 is 6.98 Å². The molecule has 1 aromatic carbocycles. The van der Waals surface area contributed by atoms with Crippen LogP contribution >= 0.6 is 0 Å². The van der Waals surface area contributed by atoms with Gasteiger partial charge in [0.25, 0.3) is 0 Å². The van der Waals surface area contributed by atoms with Gasteiger partial charge in [-0.25, -0.2) is 0 Å². The van der Waals surface area contributed by atoms with Gasteiger partial charge in [0.2, 0.25) is 0 Å². The number of likely N-dealkylation sites (N-methyl/N-ethyl adjacent to an activating group) is 1. The van der Waals surface area contributed by atoms with E-state index in [0.29, 0.717) is 19.8 Å². The third-order valence-electron chi connectivity index (χ3n) is 3.68. The molecule has 0 spiro atoms. The number of hydrogen-bond donors (Lipinski definition) is 1. The van der Waals surface area contributed by atoms with Crippen LogP contribution < -0.4 is 15.0 Å². The predicted octanol–water partition coefficient (Wildman–Crippen LogP) is 1.05. The minimum absolute atomic E-state index is 0.490. The lowest BCUT2D eigenvalue weighted by molar-refractivity contribution is 0.146. The third-order valence-corrected chi connectivity index (χ3v) is 3.68. The zero-order chi connectivity index (χ0) is 17.4. The van der Waals surface area contributed by atoms with Crippen LogP contribution in [0, 0.1) is 0 Å². The van der Waals surface area contributed by atoms with Crippen LogP contribution in [0.2, 0.25) is 0 Å². The average Bonchev–Trinajstić information content (AvgIpc) is 2.55. The number of methoxy groups -OCH3 is 1. The van der Waals surface area contributed by atoms with E-state index in [1.807, 2.05) is 12.1 Å². The largest absolute Gasteiger partial charge is 0.491 e. The van der Waals surface area contributed by atoms with Gasteiger partial charge in [-0.2, -0.15) is 0 Å². The Labute approximate surface area is 132 Å². The molecule has 1 heterocycles. The number of nitrogens with one attached hydrogen (secondary N) is 1. The summed E-state index contributed by atoms with van der Waals surface area (Å²) >= 11 is 0. The number of piperazine rings is 1. The van der Waals surface area contributed by atoms with Crippen LogP contribution in [0.4, 0.5) is 5.69 Å². The Morgan fingerprint density at radius 1 is 1.14 bits per heavy atom. The van der Waals surface area contributed by atoms with Gasteiger partial charge in [0.15, 0.2) is 0 Å². The third kappa shape index (κ3) is 5.19. The number of nitrogens with zero attached hydrogens (tertiary/aromatic N) is 2. The molecule has 1 fully saturated rings. The first kappa shape index (κ1) is 12.3. The van der Waals surface area contributed by atoms with Crippen molar-refractivity contribution in [3.05, 3.63) is 24.3 Å². The molecule has 1 saturated heterocycles. The van der Waals surface area contributed by atoms with Gasteiger partial charge in [-0.15, -0.1) is 0 Å². The molecule has 0 amide bonds. The van der Waals surface area contributed by atoms with Crippen LogP contribution in [0.15, 0.2) is 24.3 Å². The summed E-state index contributed by atoms with van der Waals surface area (Å²) in [6.45, 7) is 4.11. The molecular formula is C16H27N3O2. The van der Waals surface area contributed by atoms with Crippen LogP contribution in [-0.2, 0) is 4.74 Å². The van der Waals surface area contributed by atoms with E-state index in [0.717, 1.165) is 38.5 Å². The molecule has 21 heavy (non-hydrogen) atoms. The van der Waals surface area contributed by atoms with Gasteiger partial charge in [0, 0.05) is 56.2 Å². The number of ether oxygens (including phenoxy) is 2. The maximum atomic E-state index is 7.14. The molecule has 1 N–H and O–H groups in total. The van der Waals surface area contributed by atoms with E-state index in [2.05, 4.69) is 27.2 Å². The fraction of sp³-hybridized carbons (Fsp3) is 0.625. The quantitative estimate of drug-likeness (QED) is 0.726. The molecule has 118 valence electrons. The first-order valence-corrected chi connectivity index (χ1v) is 7.42. The Balaban J connectivity index is 1.71. The maximum Gasteiger partial charge on any atom is 0.119 e. The van der Waals surface area contributed by atoms with Crippen LogP contribution in [0.25, 0.3) is 0 Å². The highest BCUT2D eigenvalue weighted by molar-refractivity contribution is 5.49. The zero-order valence-corrected chi connectivity index (χ0v) is 12.7. The van der Waals surface area contributed by atoms with Gasteiger partial charge in [-0.1, -0.05) is 0 Å². The summed E-state index contributed by atoms with van der Waals surface area (Å²) in [5, 5.41) is 2.56. The van der Waals surface area contributed by atoms with E-state index in [4.69, 9.17) is 13.6 Å². The van der Waals surface area contributed by atoms with Crippen molar-refractivity contribution in [1.82, 2.24) is 10.2 Å². The smallest absolute Gasteiger partial charge is 0.119 e. The lowest BCUT2D eigenvalue weighted by Gasteiger charge is -2.36. The number of benzene rings is 1. The lowest BCUT2D eigenvalue weighted by atomic mass is 10.2. The number of rotatable bonds is 8. The number of anilines is 1. The summed E-state index contributed by atoms with van der Waals surface area (Å²) in [7, 11) is 1.66. The van der Waals surface area contributed by atoms with Crippen molar-refractivity contribution in [3.8, 4) is 5.75 Å². The van der Waals surface area contributed by atoms with Crippen molar-refractivity contribution in [1.29, 1.82) is 0 Å². The van der Waals surface area contributed by atoms with Crippen molar-refractivity contribution in [2.45, 2.75) is 0 Å². The Morgan fingerprint density at radius 2 is 1.90 bits per heavy atom. The van der Waals surface area contributed by atoms with Crippen LogP contribution in [-0.4, -0.2) is 71.5 Å². The Bertz CT molecular complexity index is 474. The minimum atomic E-state index is -2.05. The van der Waals surface area contributed by atoms with Crippen molar-refractivity contribution in [2.75, 3.05) is 71.5 Å². The zero-order valence-electron chi connectivity index (χ0n) is 15.7. The molecule has 1 aliphatic heterocycles. The van der Waals surface area contributed by atoms with Crippen molar-refractivity contribution < 1.29 is 13.6 Å². The van der Waals surface area contributed by atoms with E-state index in [-0.39, 0.29) is 0 Å². The van der Waals surface area contributed by atoms with Crippen molar-refractivity contribution in [3.63, 3.8) is 0 Å². The highest BCUT2D eigenvalue weighted by atomic mass is 16.5. The predicted molar refractivity (Wildman–Crippen MR) is 86.4 cm³/mol. The first-order chi connectivity index (χ1) is 11.5. The molecule has 0 unspecified atom stereocenters. The second-order valence-corrected chi connectivity index (χ2v) is 5.09. The Kier molecular flexibility index (Phi) is 5.18. The van der Waals surface area contributed by atoms with E-state index in [1.54, 1.807) is 7.11 Å². The van der Waals surface area contributed by atoms with Gasteiger partial charge in [0.05, 0.1) is 6.61 Å². The molecule has 0 bridgehead atoms. The Morgan fingerprint density at radius 3 is 2.57 bits per heavy atom. The fourth-order valence-electron chi connectivity index (χ4n) is 2.44. The van der Waals surface area contributed by atoms with Crippen molar-refractivity contribution in [2.24, 2.45) is 0 Å². The number of hydrogen-bond acceptors (Lipinski definition) is 5. The molecule has 0 saturated carbocycles. The molecule has 2 rings (SSSR count). The van der Waals surface area contributed by atoms with Gasteiger partial charge in [0.1, 0.15) is 12.4 Å². The molecule has 0 atom stereocenters. The van der Waals surface area contributed by atoms with Crippen LogP contribution in [0.5, 0.6) is 5.75 Å². The van der Waals surface area contributed by atoms with E-state index in [9.17, 15) is 0 Å². The van der Waals surface area contributed by atoms with Crippen molar-refractivity contribution >= 4 is 5.69 Å². The summed E-state index contributed by atoms with van der Waals surface area (Å²) < 4.78 is 32.0. The second-order valence-electron chi connectivity index (χ2n) is 5.09. The summed E-state index contributed by atoms with van der Waals surface area (Å²) in [4.78, 5) is 4.63. The van der Waals surface area contributed by atoms with Gasteiger partial charge in [-0.05, 0) is 31.2 Å². The topological polar surface area (TPSA) is 37.0 Å². The SMILES string of the molecule is [2H]C([2H])([2H])NCCN1CCN(c2ccc(OCCOC)cc2)CC1. The highest BCUT2D eigenvalue weighted by Crippen LogP contribution is 2.20. The molecular weight excluding hydrogens is 266 g/mol. The second kappa shape index (κ2) is 8.87. The van der Waals surface area contributed by atoms with E-state index in [1.165, 1.54) is 5.69 Å². The molecule has 0 radical (unpaired) electrons. The minimum Gasteiger partial charge on any atom is -0.491 e. The molecule has 0 aliphatic carbocycles. The van der Waals surface area contributed by atoms with Gasteiger partial charge >= 0.3 is 0 Å². The Hall–Kier alpha value is -1.30. The van der Waals surface area contributed by atoms with Gasteiger partial charge in [-0.3, -0.25) is 4.90 Å². The summed E-state index contributed by atoms with van der Waals surface area (Å²) in [5.74, 6) is 0.852. The first-order valence-electron chi connectivity index (χ1n) is 8.92. The maximum absolute atomic E-state index is 7.14. The van der Waals surface area contributed by atoms with Crippen LogP contribution in [0.3, 0.4) is 0 Å². The molecule has 5 nitrogen and oxygen atoms in total. The lowest BCUT2D eigenvalue weighted by Crippen LogP contribution is -2.48. The fourth-order valence-corrected chi connectivity index (χ4v) is 2.44. The summed E-state index contributed by atoms with van der Waals surface area (Å²) in [5.41, 5.74) is 1.19.